The summed E-state index contributed by atoms with van der Waals surface area (Å²) in [7, 11) is 0. The van der Waals surface area contributed by atoms with Crippen molar-refractivity contribution in [3.05, 3.63) is 22.2 Å². The highest BCUT2D eigenvalue weighted by Crippen LogP contribution is 2.31. The molecule has 4 atom stereocenters. The van der Waals surface area contributed by atoms with Gasteiger partial charge in [0.2, 0.25) is 0 Å². The van der Waals surface area contributed by atoms with Crippen molar-refractivity contribution in [2.45, 2.75) is 24.6 Å². The van der Waals surface area contributed by atoms with Crippen molar-refractivity contribution in [1.29, 1.82) is 0 Å². The van der Waals surface area contributed by atoms with Gasteiger partial charge in [-0.1, -0.05) is 5.92 Å². The lowest BCUT2D eigenvalue weighted by Crippen LogP contribution is -2.34. The fourth-order valence-corrected chi connectivity index (χ4v) is 1.92. The van der Waals surface area contributed by atoms with E-state index in [-0.39, 0.29) is 11.4 Å². The third-order valence-corrected chi connectivity index (χ3v) is 2.96. The highest BCUT2D eigenvalue weighted by atomic mass is 19.1. The number of alkyl halides is 1. The molecular weight excluding hydrogens is 273 g/mol. The molecule has 1 aromatic rings. The van der Waals surface area contributed by atoms with E-state index in [4.69, 9.17) is 21.5 Å². The summed E-state index contributed by atoms with van der Waals surface area (Å²) in [4.78, 5) is 15.2. The first-order valence-corrected chi connectivity index (χ1v) is 5.61. The van der Waals surface area contributed by atoms with Crippen LogP contribution >= 0.6 is 0 Å². The second-order valence-electron chi connectivity index (χ2n) is 4.13. The Bertz CT molecular complexity index is 599. The molecule has 0 bridgehead atoms. The molecule has 1 aromatic heterocycles. The van der Waals surface area contributed by atoms with Gasteiger partial charge in [-0.15, -0.1) is 6.42 Å². The molecule has 20 heavy (non-hydrogen) atoms. The molecule has 108 valence electrons. The van der Waals surface area contributed by atoms with Crippen molar-refractivity contribution in [1.82, 2.24) is 9.55 Å². The summed E-state index contributed by atoms with van der Waals surface area (Å²) < 4.78 is 19.7. The van der Waals surface area contributed by atoms with Crippen LogP contribution in [-0.4, -0.2) is 50.0 Å². The lowest BCUT2D eigenvalue weighted by atomic mass is 10.1. The molecule has 0 saturated carbocycles. The largest absolute Gasteiger partial charge is 0.394 e. The molecule has 0 aliphatic carbocycles. The van der Waals surface area contributed by atoms with Crippen LogP contribution in [0.5, 0.6) is 0 Å². The minimum atomic E-state index is -1.93. The molecule has 4 N–H and O–H groups in total. The van der Waals surface area contributed by atoms with Crippen molar-refractivity contribution >= 4 is 5.82 Å². The first-order valence-electron chi connectivity index (χ1n) is 5.61. The molecule has 0 aromatic carbocycles. The van der Waals surface area contributed by atoms with Gasteiger partial charge in [-0.25, -0.2) is 9.18 Å². The summed E-state index contributed by atoms with van der Waals surface area (Å²) in [5.41, 5.74) is 0.727. The Hall–Kier alpha value is -1.99. The molecular formula is C11H12FN3O5. The zero-order valence-corrected chi connectivity index (χ0v) is 10.1. The maximum atomic E-state index is 13.9. The lowest BCUT2D eigenvalue weighted by molar-refractivity contribution is -0.0491. The molecule has 1 aliphatic heterocycles. The van der Waals surface area contributed by atoms with Gasteiger partial charge in [0.1, 0.15) is 12.2 Å². The van der Waals surface area contributed by atoms with Gasteiger partial charge in [-0.05, 0) is 0 Å². The van der Waals surface area contributed by atoms with Crippen molar-refractivity contribution in [2.24, 2.45) is 0 Å². The van der Waals surface area contributed by atoms with E-state index in [1.165, 1.54) is 0 Å². The van der Waals surface area contributed by atoms with Crippen molar-refractivity contribution < 1.29 is 24.5 Å². The van der Waals surface area contributed by atoms with Crippen molar-refractivity contribution in [2.75, 3.05) is 12.1 Å². The van der Waals surface area contributed by atoms with Crippen molar-refractivity contribution in [3.63, 3.8) is 0 Å². The number of terminal acetylenes is 1. The second kappa shape index (κ2) is 5.56. The summed E-state index contributed by atoms with van der Waals surface area (Å²) in [5, 5.41) is 27.2. The maximum absolute atomic E-state index is 13.9. The van der Waals surface area contributed by atoms with Crippen LogP contribution in [0.3, 0.4) is 0 Å². The van der Waals surface area contributed by atoms with Gasteiger partial charge in [-0.2, -0.15) is 4.98 Å². The summed E-state index contributed by atoms with van der Waals surface area (Å²) in [6, 6.07) is 0. The number of aromatic nitrogens is 2. The first-order chi connectivity index (χ1) is 9.53. The highest BCUT2D eigenvalue weighted by Gasteiger charge is 2.45. The Balaban J connectivity index is 2.44. The number of aliphatic hydroxyl groups excluding tert-OH is 2. The van der Waals surface area contributed by atoms with Crippen LogP contribution in [0.15, 0.2) is 11.0 Å². The normalized spacial score (nSPS) is 29.1. The van der Waals surface area contributed by atoms with E-state index in [1.54, 1.807) is 5.48 Å². The number of anilines is 1. The van der Waals surface area contributed by atoms with Gasteiger partial charge in [0.25, 0.3) is 0 Å². The zero-order chi connectivity index (χ0) is 14.9. The van der Waals surface area contributed by atoms with Gasteiger partial charge in [0.15, 0.2) is 18.2 Å². The number of aliphatic hydroxyl groups is 2. The van der Waals surface area contributed by atoms with Crippen LogP contribution in [0.2, 0.25) is 0 Å². The number of rotatable bonds is 3. The SMILES string of the molecule is C#Cc1cn([C@H]2O[C@@H](CO)[C@@H](O)C2F)c(=O)nc1NO. The smallest absolute Gasteiger partial charge is 0.351 e. The van der Waals surface area contributed by atoms with E-state index in [0.29, 0.717) is 0 Å². The number of hydrogen-bond donors (Lipinski definition) is 4. The minimum Gasteiger partial charge on any atom is -0.394 e. The number of hydrogen-bond acceptors (Lipinski definition) is 7. The molecule has 1 unspecified atom stereocenters. The average molecular weight is 285 g/mol. The quantitative estimate of drug-likeness (QED) is 0.399. The molecule has 1 fully saturated rings. The van der Waals surface area contributed by atoms with E-state index >= 15 is 0 Å². The van der Waals surface area contributed by atoms with E-state index in [9.17, 15) is 14.3 Å². The Labute approximate surface area is 112 Å². The van der Waals surface area contributed by atoms with Gasteiger partial charge in [0.05, 0.1) is 12.2 Å². The Morgan fingerprint density at radius 3 is 2.85 bits per heavy atom. The van der Waals surface area contributed by atoms with E-state index in [1.807, 2.05) is 0 Å². The average Bonchev–Trinajstić information content (AvgIpc) is 2.74. The summed E-state index contributed by atoms with van der Waals surface area (Å²) in [6.45, 7) is -0.599. The molecule has 1 saturated heterocycles. The molecule has 1 aliphatic rings. The van der Waals surface area contributed by atoms with E-state index in [0.717, 1.165) is 10.8 Å². The standard InChI is InChI=1S/C11H12FN3O5/c1-2-5-3-15(11(18)13-9(5)14-19)10-7(12)8(17)6(4-16)20-10/h1,3,6-8,10,16-17,19H,4H2,(H,13,14,18)/t6-,7?,8+,10-/m0/s1. The van der Waals surface area contributed by atoms with Gasteiger partial charge in [0, 0.05) is 6.20 Å². The summed E-state index contributed by atoms with van der Waals surface area (Å²) >= 11 is 0. The molecule has 2 rings (SSSR count). The van der Waals surface area contributed by atoms with Crippen LogP contribution in [-0.2, 0) is 4.74 Å². The highest BCUT2D eigenvalue weighted by molar-refractivity contribution is 5.49. The molecule has 9 heteroatoms. The second-order valence-corrected chi connectivity index (χ2v) is 4.13. The van der Waals surface area contributed by atoms with Crippen LogP contribution in [0.1, 0.15) is 11.8 Å². The third kappa shape index (κ3) is 2.25. The number of nitrogens with one attached hydrogen (secondary N) is 1. The number of ether oxygens (including phenoxy) is 1. The van der Waals surface area contributed by atoms with E-state index < -0.39 is 36.9 Å². The number of nitrogens with zero attached hydrogens (tertiary/aromatic N) is 2. The predicted molar refractivity (Wildman–Crippen MR) is 63.7 cm³/mol. The predicted octanol–water partition coefficient (Wildman–Crippen LogP) is -1.39. The molecule has 0 amide bonds. The monoisotopic (exact) mass is 285 g/mol. The third-order valence-electron chi connectivity index (χ3n) is 2.96. The maximum Gasteiger partial charge on any atom is 0.351 e. The topological polar surface area (TPSA) is 117 Å². The van der Waals surface area contributed by atoms with Gasteiger partial charge in [-0.3, -0.25) is 15.3 Å². The molecule has 0 radical (unpaired) electrons. The van der Waals surface area contributed by atoms with Crippen LogP contribution in [0, 0.1) is 12.3 Å². The first kappa shape index (κ1) is 14.4. The van der Waals surface area contributed by atoms with Crippen LogP contribution in [0.25, 0.3) is 0 Å². The zero-order valence-electron chi connectivity index (χ0n) is 10.1. The fraction of sp³-hybridized carbons (Fsp3) is 0.455. The van der Waals surface area contributed by atoms with Crippen molar-refractivity contribution in [3.8, 4) is 12.3 Å². The Morgan fingerprint density at radius 2 is 2.35 bits per heavy atom. The fourth-order valence-electron chi connectivity index (χ4n) is 1.92. The van der Waals surface area contributed by atoms with E-state index in [2.05, 4.69) is 10.9 Å². The lowest BCUT2D eigenvalue weighted by Gasteiger charge is -2.16. The molecule has 2 heterocycles. The van der Waals surface area contributed by atoms with Crippen LogP contribution in [0.4, 0.5) is 10.2 Å². The summed E-state index contributed by atoms with van der Waals surface area (Å²) in [5.74, 6) is 1.91. The van der Waals surface area contributed by atoms with Crippen LogP contribution < -0.4 is 11.2 Å². The minimum absolute atomic E-state index is 0.00448. The van der Waals surface area contributed by atoms with Gasteiger partial charge >= 0.3 is 5.69 Å². The summed E-state index contributed by atoms with van der Waals surface area (Å²) in [6.07, 6.45) is 0.149. The Morgan fingerprint density at radius 1 is 1.65 bits per heavy atom. The number of halogens is 1. The Kier molecular flexibility index (Phi) is 4.01. The molecule has 8 nitrogen and oxygen atoms in total. The molecule has 0 spiro atoms. The van der Waals surface area contributed by atoms with Gasteiger partial charge < -0.3 is 14.9 Å².